The Morgan fingerprint density at radius 3 is 2.50 bits per heavy atom. The lowest BCUT2D eigenvalue weighted by Gasteiger charge is -2.19. The van der Waals surface area contributed by atoms with Gasteiger partial charge >= 0.3 is 6.09 Å². The smallest absolute Gasteiger partial charge is 0.407 e. The van der Waals surface area contributed by atoms with Crippen LogP contribution in [0.1, 0.15) is 46.4 Å². The van der Waals surface area contributed by atoms with Crippen molar-refractivity contribution in [3.63, 3.8) is 0 Å². The molecular formula is C13H19NO3S. The minimum Gasteiger partial charge on any atom is -0.444 e. The second-order valence-electron chi connectivity index (χ2n) is 5.09. The van der Waals surface area contributed by atoms with E-state index >= 15 is 0 Å². The summed E-state index contributed by atoms with van der Waals surface area (Å²) in [7, 11) is 0. The largest absolute Gasteiger partial charge is 0.444 e. The molecule has 0 unspecified atom stereocenters. The first-order valence-corrected chi connectivity index (χ1v) is 6.57. The molecular weight excluding hydrogens is 250 g/mol. The summed E-state index contributed by atoms with van der Waals surface area (Å²) in [4.78, 5) is 24.5. The third-order valence-electron chi connectivity index (χ3n) is 2.42. The van der Waals surface area contributed by atoms with Crippen LogP contribution < -0.4 is 5.32 Å². The van der Waals surface area contributed by atoms with Crippen LogP contribution in [-0.2, 0) is 11.3 Å². The van der Waals surface area contributed by atoms with Crippen molar-refractivity contribution in [3.8, 4) is 0 Å². The van der Waals surface area contributed by atoms with Crippen molar-refractivity contribution in [2.75, 3.05) is 0 Å². The predicted molar refractivity (Wildman–Crippen MR) is 72.3 cm³/mol. The van der Waals surface area contributed by atoms with E-state index in [0.29, 0.717) is 12.1 Å². The van der Waals surface area contributed by atoms with Crippen LogP contribution in [0.5, 0.6) is 0 Å². The van der Waals surface area contributed by atoms with E-state index in [1.165, 1.54) is 11.3 Å². The van der Waals surface area contributed by atoms with Gasteiger partial charge in [-0.15, -0.1) is 11.3 Å². The van der Waals surface area contributed by atoms with Crippen LogP contribution in [0, 0.1) is 13.8 Å². The Morgan fingerprint density at radius 2 is 2.00 bits per heavy atom. The number of aryl methyl sites for hydroxylation is 1. The Labute approximate surface area is 111 Å². The van der Waals surface area contributed by atoms with Crippen LogP contribution in [0.15, 0.2) is 0 Å². The summed E-state index contributed by atoms with van der Waals surface area (Å²) < 4.78 is 5.14. The first-order valence-electron chi connectivity index (χ1n) is 5.75. The van der Waals surface area contributed by atoms with Gasteiger partial charge in [0, 0.05) is 15.3 Å². The molecule has 0 aliphatic heterocycles. The highest BCUT2D eigenvalue weighted by Gasteiger charge is 2.17. The molecule has 18 heavy (non-hydrogen) atoms. The summed E-state index contributed by atoms with van der Waals surface area (Å²) in [6.07, 6.45) is 0.369. The molecule has 1 rings (SSSR count). The van der Waals surface area contributed by atoms with Crippen molar-refractivity contribution in [2.24, 2.45) is 0 Å². The number of amides is 1. The van der Waals surface area contributed by atoms with E-state index in [1.54, 1.807) is 0 Å². The molecule has 1 aromatic heterocycles. The number of nitrogens with one attached hydrogen (secondary N) is 1. The van der Waals surface area contributed by atoms with E-state index in [-0.39, 0.29) is 0 Å². The summed E-state index contributed by atoms with van der Waals surface area (Å²) >= 11 is 1.52. The molecule has 0 spiro atoms. The maximum Gasteiger partial charge on any atom is 0.407 e. The maximum absolute atomic E-state index is 11.5. The third-order valence-corrected chi connectivity index (χ3v) is 3.64. The monoisotopic (exact) mass is 269 g/mol. The Bertz CT molecular complexity index is 458. The molecule has 0 fully saturated rings. The van der Waals surface area contributed by atoms with Gasteiger partial charge in [0.05, 0.1) is 6.54 Å². The van der Waals surface area contributed by atoms with Crippen molar-refractivity contribution in [1.82, 2.24) is 5.32 Å². The van der Waals surface area contributed by atoms with Crippen LogP contribution in [0.4, 0.5) is 4.79 Å². The van der Waals surface area contributed by atoms with Gasteiger partial charge in [-0.1, -0.05) is 0 Å². The fourth-order valence-corrected chi connectivity index (χ4v) is 2.56. The van der Waals surface area contributed by atoms with Crippen molar-refractivity contribution in [3.05, 3.63) is 20.9 Å². The van der Waals surface area contributed by atoms with Gasteiger partial charge in [0.15, 0.2) is 6.29 Å². The number of thiophene rings is 1. The molecule has 1 aromatic rings. The van der Waals surface area contributed by atoms with Gasteiger partial charge < -0.3 is 10.1 Å². The molecule has 0 radical (unpaired) electrons. The van der Waals surface area contributed by atoms with Gasteiger partial charge in [0.1, 0.15) is 5.60 Å². The molecule has 1 heterocycles. The number of alkyl carbamates (subject to hydrolysis) is 1. The minimum absolute atomic E-state index is 0.322. The Kier molecular flexibility index (Phi) is 4.51. The fourth-order valence-electron chi connectivity index (χ4n) is 1.47. The van der Waals surface area contributed by atoms with E-state index in [9.17, 15) is 9.59 Å². The Hall–Kier alpha value is -1.36. The molecule has 0 aliphatic rings. The van der Waals surface area contributed by atoms with Crippen molar-refractivity contribution < 1.29 is 14.3 Å². The zero-order valence-corrected chi connectivity index (χ0v) is 12.2. The Balaban J connectivity index is 2.67. The van der Waals surface area contributed by atoms with Gasteiger partial charge in [0.25, 0.3) is 0 Å². The number of ether oxygens (including phenoxy) is 1. The third kappa shape index (κ3) is 3.84. The van der Waals surface area contributed by atoms with E-state index in [1.807, 2.05) is 34.6 Å². The van der Waals surface area contributed by atoms with Crippen molar-refractivity contribution >= 4 is 23.7 Å². The number of hydrogen-bond acceptors (Lipinski definition) is 4. The number of rotatable bonds is 3. The molecule has 4 nitrogen and oxygen atoms in total. The zero-order valence-electron chi connectivity index (χ0n) is 11.4. The summed E-state index contributed by atoms with van der Waals surface area (Å²) in [6.45, 7) is 9.62. The number of carbonyl (C=O) groups is 2. The van der Waals surface area contributed by atoms with Crippen LogP contribution >= 0.6 is 11.3 Å². The lowest BCUT2D eigenvalue weighted by atomic mass is 10.1. The van der Waals surface area contributed by atoms with Gasteiger partial charge in [-0.05, 0) is 40.2 Å². The molecule has 0 saturated heterocycles. The molecule has 0 saturated carbocycles. The molecule has 0 bridgehead atoms. The fraction of sp³-hybridized carbons (Fsp3) is 0.538. The quantitative estimate of drug-likeness (QED) is 0.857. The van der Waals surface area contributed by atoms with Gasteiger partial charge in [-0.3, -0.25) is 4.79 Å². The van der Waals surface area contributed by atoms with Gasteiger partial charge in [0.2, 0.25) is 0 Å². The SMILES string of the molecule is Cc1sc(CNC(=O)OC(C)(C)C)c(C=O)c1C. The van der Waals surface area contributed by atoms with Crippen molar-refractivity contribution in [2.45, 2.75) is 46.8 Å². The molecule has 100 valence electrons. The highest BCUT2D eigenvalue weighted by molar-refractivity contribution is 7.12. The highest BCUT2D eigenvalue weighted by Crippen LogP contribution is 2.25. The summed E-state index contributed by atoms with van der Waals surface area (Å²) in [5.74, 6) is 0. The summed E-state index contributed by atoms with van der Waals surface area (Å²) in [6, 6.07) is 0. The first kappa shape index (κ1) is 14.7. The van der Waals surface area contributed by atoms with Crippen LogP contribution in [0.25, 0.3) is 0 Å². The number of carbonyl (C=O) groups excluding carboxylic acids is 2. The maximum atomic E-state index is 11.5. The van der Waals surface area contributed by atoms with Crippen LogP contribution in [0.3, 0.4) is 0 Å². The normalized spacial score (nSPS) is 11.2. The van der Waals surface area contributed by atoms with E-state index in [2.05, 4.69) is 5.32 Å². The standard InChI is InChI=1S/C13H19NO3S/c1-8-9(2)18-11(10(8)7-15)6-14-12(16)17-13(3,4)5/h7H,6H2,1-5H3,(H,14,16). The molecule has 0 atom stereocenters. The lowest BCUT2D eigenvalue weighted by Crippen LogP contribution is -2.32. The molecule has 1 amide bonds. The zero-order chi connectivity index (χ0) is 13.9. The van der Waals surface area contributed by atoms with Gasteiger partial charge in [-0.2, -0.15) is 0 Å². The molecule has 0 aliphatic carbocycles. The lowest BCUT2D eigenvalue weighted by molar-refractivity contribution is 0.0523. The summed E-state index contributed by atoms with van der Waals surface area (Å²) in [5, 5.41) is 2.66. The second kappa shape index (κ2) is 5.52. The highest BCUT2D eigenvalue weighted by atomic mass is 32.1. The number of aldehydes is 1. The van der Waals surface area contributed by atoms with Gasteiger partial charge in [-0.25, -0.2) is 4.79 Å². The van der Waals surface area contributed by atoms with E-state index in [0.717, 1.165) is 21.6 Å². The van der Waals surface area contributed by atoms with Crippen molar-refractivity contribution in [1.29, 1.82) is 0 Å². The van der Waals surface area contributed by atoms with Crippen LogP contribution in [0.2, 0.25) is 0 Å². The minimum atomic E-state index is -0.515. The first-order chi connectivity index (χ1) is 8.24. The van der Waals surface area contributed by atoms with E-state index in [4.69, 9.17) is 4.74 Å². The average Bonchev–Trinajstić information content (AvgIpc) is 2.49. The number of hydrogen-bond donors (Lipinski definition) is 1. The molecule has 0 aromatic carbocycles. The molecule has 1 N–H and O–H groups in total. The topological polar surface area (TPSA) is 55.4 Å². The Morgan fingerprint density at radius 1 is 1.39 bits per heavy atom. The summed E-state index contributed by atoms with van der Waals surface area (Å²) in [5.41, 5.74) is 1.14. The molecule has 5 heteroatoms. The second-order valence-corrected chi connectivity index (χ2v) is 6.40. The van der Waals surface area contributed by atoms with Crippen LogP contribution in [-0.4, -0.2) is 18.0 Å². The average molecular weight is 269 g/mol. The predicted octanol–water partition coefficient (Wildman–Crippen LogP) is 3.20. The van der Waals surface area contributed by atoms with E-state index < -0.39 is 11.7 Å².